The van der Waals surface area contributed by atoms with Crippen molar-refractivity contribution in [3.8, 4) is 0 Å². The highest BCUT2D eigenvalue weighted by Gasteiger charge is 2.13. The van der Waals surface area contributed by atoms with Gasteiger partial charge in [-0.05, 0) is 11.6 Å². The van der Waals surface area contributed by atoms with Gasteiger partial charge in [-0.25, -0.2) is 0 Å². The Kier molecular flexibility index (Phi) is 3.70. The molecule has 0 radical (unpaired) electrons. The topological polar surface area (TPSA) is 58.4 Å². The molecule has 15 heavy (non-hydrogen) atoms. The molecule has 0 aliphatic rings. The summed E-state index contributed by atoms with van der Waals surface area (Å²) in [6.45, 7) is 0.432. The largest absolute Gasteiger partial charge is 0.304 e. The Morgan fingerprint density at radius 1 is 1.53 bits per heavy atom. The highest BCUT2D eigenvalue weighted by Crippen LogP contribution is 2.17. The molecule has 0 saturated heterocycles. The third-order valence-corrected chi connectivity index (χ3v) is 1.81. The van der Waals surface area contributed by atoms with Crippen molar-refractivity contribution < 1.29 is 9.31 Å². The second kappa shape index (κ2) is 4.81. The first-order valence-electron chi connectivity index (χ1n) is 4.34. The summed E-state index contributed by atoms with van der Waals surface area (Å²) in [5, 5.41) is 12.1. The highest BCUT2D eigenvalue weighted by molar-refractivity contribution is 5.34. The molecule has 5 nitrogen and oxygen atoms in total. The van der Waals surface area contributed by atoms with E-state index < -0.39 is 16.4 Å². The summed E-state index contributed by atoms with van der Waals surface area (Å²) < 4.78 is 13.1. The summed E-state index contributed by atoms with van der Waals surface area (Å²) in [4.78, 5) is 9.60. The van der Waals surface area contributed by atoms with Crippen LogP contribution in [0.25, 0.3) is 0 Å². The second-order valence-corrected chi connectivity index (χ2v) is 3.27. The number of nitro groups is 1. The maximum absolute atomic E-state index is 13.1. The van der Waals surface area contributed by atoms with E-state index >= 15 is 0 Å². The monoisotopic (exact) mass is 213 g/mol. The van der Waals surface area contributed by atoms with E-state index in [0.29, 0.717) is 12.1 Å². The zero-order valence-corrected chi connectivity index (χ0v) is 8.53. The summed E-state index contributed by atoms with van der Waals surface area (Å²) in [5.41, 5.74) is 3.10. The van der Waals surface area contributed by atoms with Crippen molar-refractivity contribution >= 4 is 5.69 Å². The number of hydrogen-bond acceptors (Lipinski definition) is 4. The van der Waals surface area contributed by atoms with E-state index in [4.69, 9.17) is 0 Å². The van der Waals surface area contributed by atoms with E-state index in [9.17, 15) is 14.5 Å². The molecular formula is C9H12FN3O2. The number of hydrazine groups is 1. The molecule has 0 spiro atoms. The molecule has 0 amide bonds. The molecule has 0 bridgehead atoms. The van der Waals surface area contributed by atoms with Gasteiger partial charge < -0.3 is 0 Å². The van der Waals surface area contributed by atoms with E-state index in [-0.39, 0.29) is 0 Å². The van der Waals surface area contributed by atoms with Crippen LogP contribution in [0.15, 0.2) is 18.2 Å². The molecule has 1 rings (SSSR count). The summed E-state index contributed by atoms with van der Waals surface area (Å²) in [6, 6.07) is 3.86. The molecule has 0 unspecified atom stereocenters. The summed E-state index contributed by atoms with van der Waals surface area (Å²) in [6.07, 6.45) is 0. The van der Waals surface area contributed by atoms with Crippen molar-refractivity contribution in [3.63, 3.8) is 0 Å². The van der Waals surface area contributed by atoms with Gasteiger partial charge in [-0.15, -0.1) is 0 Å². The summed E-state index contributed by atoms with van der Waals surface area (Å²) in [5.74, 6) is -0.807. The van der Waals surface area contributed by atoms with Crippen LogP contribution in [0, 0.1) is 15.9 Å². The average molecular weight is 213 g/mol. The Hall–Kier alpha value is -1.53. The quantitative estimate of drug-likeness (QED) is 0.605. The molecule has 0 aliphatic carbocycles. The number of benzene rings is 1. The molecule has 1 aromatic carbocycles. The molecule has 0 atom stereocenters. The smallest absolute Gasteiger partial charge is 0.258 e. The number of hydrogen-bond donors (Lipinski definition) is 1. The fraction of sp³-hybridized carbons (Fsp3) is 0.333. The number of rotatable bonds is 4. The summed E-state index contributed by atoms with van der Waals surface area (Å²) in [7, 11) is 3.61. The standard InChI is InChI=1S/C9H12FN3O2/c1-12(2)11-6-7-3-4-9(13(14)15)8(10)5-7/h3-5,11H,6H2,1-2H3. The van der Waals surface area contributed by atoms with Gasteiger partial charge in [-0.1, -0.05) is 6.07 Å². The molecule has 0 saturated carbocycles. The molecule has 1 N–H and O–H groups in total. The number of nitrogens with one attached hydrogen (secondary N) is 1. The van der Waals surface area contributed by atoms with E-state index in [2.05, 4.69) is 5.43 Å². The van der Waals surface area contributed by atoms with Crippen molar-refractivity contribution in [2.45, 2.75) is 6.54 Å². The van der Waals surface area contributed by atoms with E-state index in [1.807, 2.05) is 14.1 Å². The minimum Gasteiger partial charge on any atom is -0.258 e. The lowest BCUT2D eigenvalue weighted by atomic mass is 10.2. The lowest BCUT2D eigenvalue weighted by molar-refractivity contribution is -0.387. The van der Waals surface area contributed by atoms with Gasteiger partial charge in [0, 0.05) is 26.7 Å². The van der Waals surface area contributed by atoms with E-state index in [1.165, 1.54) is 12.1 Å². The van der Waals surface area contributed by atoms with Crippen molar-refractivity contribution in [1.29, 1.82) is 0 Å². The van der Waals surface area contributed by atoms with Crippen LogP contribution in [-0.4, -0.2) is 24.0 Å². The maximum Gasteiger partial charge on any atom is 0.304 e. The molecule has 0 aliphatic heterocycles. The third kappa shape index (κ3) is 3.26. The predicted octanol–water partition coefficient (Wildman–Crippen LogP) is 1.30. The van der Waals surface area contributed by atoms with Crippen LogP contribution in [0.1, 0.15) is 5.56 Å². The lowest BCUT2D eigenvalue weighted by Crippen LogP contribution is -2.29. The van der Waals surface area contributed by atoms with E-state index in [1.54, 1.807) is 5.01 Å². The van der Waals surface area contributed by atoms with Gasteiger partial charge in [0.05, 0.1) is 4.92 Å². The fourth-order valence-electron chi connectivity index (χ4n) is 1.06. The van der Waals surface area contributed by atoms with Gasteiger partial charge in [-0.3, -0.25) is 20.5 Å². The first-order valence-corrected chi connectivity index (χ1v) is 4.34. The van der Waals surface area contributed by atoms with Crippen molar-refractivity contribution in [3.05, 3.63) is 39.7 Å². The lowest BCUT2D eigenvalue weighted by Gasteiger charge is -2.11. The van der Waals surface area contributed by atoms with Gasteiger partial charge in [0.25, 0.3) is 0 Å². The molecule has 0 aromatic heterocycles. The Morgan fingerprint density at radius 3 is 2.67 bits per heavy atom. The van der Waals surface area contributed by atoms with Gasteiger partial charge in [0.2, 0.25) is 5.82 Å². The normalized spacial score (nSPS) is 10.7. The van der Waals surface area contributed by atoms with Gasteiger partial charge in [-0.2, -0.15) is 4.39 Å². The van der Waals surface area contributed by atoms with Crippen molar-refractivity contribution in [2.24, 2.45) is 0 Å². The molecule has 0 heterocycles. The predicted molar refractivity (Wildman–Crippen MR) is 53.6 cm³/mol. The van der Waals surface area contributed by atoms with Crippen LogP contribution in [0.5, 0.6) is 0 Å². The first-order chi connectivity index (χ1) is 7.00. The Bertz CT molecular complexity index is 368. The fourth-order valence-corrected chi connectivity index (χ4v) is 1.06. The van der Waals surface area contributed by atoms with Crippen LogP contribution in [0.4, 0.5) is 10.1 Å². The van der Waals surface area contributed by atoms with Crippen molar-refractivity contribution in [2.75, 3.05) is 14.1 Å². The van der Waals surface area contributed by atoms with Crippen LogP contribution >= 0.6 is 0 Å². The number of nitrogens with zero attached hydrogens (tertiary/aromatic N) is 2. The Labute approximate surface area is 86.6 Å². The third-order valence-electron chi connectivity index (χ3n) is 1.81. The minimum absolute atomic E-state index is 0.432. The number of nitro benzene ring substituents is 1. The molecule has 6 heteroatoms. The van der Waals surface area contributed by atoms with Gasteiger partial charge in [0.1, 0.15) is 0 Å². The highest BCUT2D eigenvalue weighted by atomic mass is 19.1. The van der Waals surface area contributed by atoms with Crippen LogP contribution in [0.2, 0.25) is 0 Å². The molecule has 0 fully saturated rings. The van der Waals surface area contributed by atoms with E-state index in [0.717, 1.165) is 6.07 Å². The van der Waals surface area contributed by atoms with Gasteiger partial charge in [0.15, 0.2) is 0 Å². The first kappa shape index (κ1) is 11.5. The zero-order chi connectivity index (χ0) is 11.4. The Balaban J connectivity index is 2.78. The zero-order valence-electron chi connectivity index (χ0n) is 8.53. The van der Waals surface area contributed by atoms with Crippen LogP contribution in [-0.2, 0) is 6.54 Å². The maximum atomic E-state index is 13.1. The summed E-state index contributed by atoms with van der Waals surface area (Å²) >= 11 is 0. The molecule has 82 valence electrons. The number of halogens is 1. The average Bonchev–Trinajstić information content (AvgIpc) is 2.14. The van der Waals surface area contributed by atoms with Crippen molar-refractivity contribution in [1.82, 2.24) is 10.4 Å². The molecular weight excluding hydrogens is 201 g/mol. The SMILES string of the molecule is CN(C)NCc1ccc([N+](=O)[O-])c(F)c1. The van der Waals surface area contributed by atoms with Gasteiger partial charge >= 0.3 is 5.69 Å². The Morgan fingerprint density at radius 2 is 2.20 bits per heavy atom. The second-order valence-electron chi connectivity index (χ2n) is 3.27. The minimum atomic E-state index is -0.807. The van der Waals surface area contributed by atoms with Crippen LogP contribution in [0.3, 0.4) is 0 Å². The molecule has 1 aromatic rings. The van der Waals surface area contributed by atoms with Crippen LogP contribution < -0.4 is 5.43 Å².